The summed E-state index contributed by atoms with van der Waals surface area (Å²) in [5, 5.41) is 0. The van der Waals surface area contributed by atoms with Crippen molar-refractivity contribution in [3.63, 3.8) is 0 Å². The van der Waals surface area contributed by atoms with Crippen molar-refractivity contribution in [3.05, 3.63) is 90.0 Å². The molecule has 0 fully saturated rings. The van der Waals surface area contributed by atoms with Crippen LogP contribution < -0.4 is 4.90 Å². The summed E-state index contributed by atoms with van der Waals surface area (Å²) >= 11 is 0. The van der Waals surface area contributed by atoms with Crippen molar-refractivity contribution >= 4 is 28.5 Å². The Bertz CT molecular complexity index is 1160. The zero-order chi connectivity index (χ0) is 20.2. The number of para-hydroxylation sites is 3. The van der Waals surface area contributed by atoms with Crippen LogP contribution in [0.3, 0.4) is 0 Å². The van der Waals surface area contributed by atoms with Crippen LogP contribution in [0.25, 0.3) is 0 Å². The molecule has 2 aromatic carbocycles. The van der Waals surface area contributed by atoms with Gasteiger partial charge in [0.2, 0.25) is 5.69 Å². The summed E-state index contributed by atoms with van der Waals surface area (Å²) in [5.74, 6) is 0. The first-order valence-corrected chi connectivity index (χ1v) is 10.2. The summed E-state index contributed by atoms with van der Waals surface area (Å²) in [7, 11) is 4.30. The van der Waals surface area contributed by atoms with Gasteiger partial charge >= 0.3 is 0 Å². The lowest BCUT2D eigenvalue weighted by Crippen LogP contribution is -2.39. The fraction of sp³-hybridized carbons (Fsp3) is 0.231. The molecule has 0 N–H and O–H groups in total. The third-order valence-electron chi connectivity index (χ3n) is 6.39. The van der Waals surface area contributed by atoms with Crippen molar-refractivity contribution < 1.29 is 4.58 Å². The second-order valence-corrected chi connectivity index (χ2v) is 8.50. The second kappa shape index (κ2) is 6.41. The van der Waals surface area contributed by atoms with E-state index in [2.05, 4.69) is 110 Å². The minimum Gasteiger partial charge on any atom is -0.361 e. The number of aliphatic imine (C=N–C) groups is 1. The molecule has 2 heterocycles. The van der Waals surface area contributed by atoms with Crippen LogP contribution in [-0.2, 0) is 5.41 Å². The molecule has 3 nitrogen and oxygen atoms in total. The molecule has 2 aliphatic heterocycles. The molecule has 29 heavy (non-hydrogen) atoms. The lowest BCUT2D eigenvalue weighted by molar-refractivity contribution is -0.401. The van der Waals surface area contributed by atoms with Gasteiger partial charge in [0.25, 0.3) is 0 Å². The van der Waals surface area contributed by atoms with Crippen LogP contribution in [0.4, 0.5) is 17.1 Å². The average Bonchev–Trinajstić information content (AvgIpc) is 2.92. The molecule has 1 unspecified atom stereocenters. The molecule has 0 saturated carbocycles. The van der Waals surface area contributed by atoms with E-state index in [4.69, 9.17) is 4.99 Å². The van der Waals surface area contributed by atoms with Gasteiger partial charge in [0.15, 0.2) is 5.71 Å². The van der Waals surface area contributed by atoms with Gasteiger partial charge in [-0.05, 0) is 43.7 Å². The summed E-state index contributed by atoms with van der Waals surface area (Å²) in [4.78, 5) is 7.22. The van der Waals surface area contributed by atoms with Gasteiger partial charge in [-0.2, -0.15) is 4.58 Å². The number of fused-ring (bicyclic) bond motifs is 3. The van der Waals surface area contributed by atoms with Crippen LogP contribution in [0.5, 0.6) is 0 Å². The first kappa shape index (κ1) is 17.9. The maximum atomic E-state index is 4.92. The number of allylic oxidation sites excluding steroid dienone is 4. The van der Waals surface area contributed by atoms with Gasteiger partial charge in [-0.15, -0.1) is 0 Å². The van der Waals surface area contributed by atoms with E-state index in [9.17, 15) is 0 Å². The zero-order valence-electron chi connectivity index (χ0n) is 17.4. The Morgan fingerprint density at radius 2 is 1.79 bits per heavy atom. The highest BCUT2D eigenvalue weighted by Gasteiger charge is 2.42. The van der Waals surface area contributed by atoms with E-state index in [-0.39, 0.29) is 11.5 Å². The van der Waals surface area contributed by atoms with Crippen LogP contribution in [0.2, 0.25) is 0 Å². The molecule has 0 bridgehead atoms. The maximum Gasteiger partial charge on any atom is 0.209 e. The van der Waals surface area contributed by atoms with Crippen molar-refractivity contribution in [1.82, 2.24) is 0 Å². The third kappa shape index (κ3) is 2.72. The second-order valence-electron chi connectivity index (χ2n) is 8.50. The molecule has 1 aliphatic carbocycles. The summed E-state index contributed by atoms with van der Waals surface area (Å²) in [5.41, 5.74) is 8.47. The van der Waals surface area contributed by atoms with E-state index in [0.29, 0.717) is 0 Å². The molecule has 3 aliphatic rings. The minimum atomic E-state index is -0.00909. The Balaban J connectivity index is 1.49. The number of hydrogen-bond donors (Lipinski definition) is 0. The van der Waals surface area contributed by atoms with Crippen LogP contribution in [-0.4, -0.2) is 36.1 Å². The van der Waals surface area contributed by atoms with Crippen LogP contribution in [0, 0.1) is 0 Å². The number of rotatable bonds is 2. The lowest BCUT2D eigenvalue weighted by Gasteiger charge is -2.34. The van der Waals surface area contributed by atoms with Crippen molar-refractivity contribution in [2.24, 2.45) is 4.99 Å². The Kier molecular flexibility index (Phi) is 3.95. The van der Waals surface area contributed by atoms with Crippen LogP contribution in [0.1, 0.15) is 19.4 Å². The quantitative estimate of drug-likeness (QED) is 0.644. The zero-order valence-corrected chi connectivity index (χ0v) is 17.4. The van der Waals surface area contributed by atoms with Crippen LogP contribution >= 0.6 is 0 Å². The first-order chi connectivity index (χ1) is 14.0. The van der Waals surface area contributed by atoms with Gasteiger partial charge in [-0.25, -0.2) is 4.99 Å². The average molecular weight is 381 g/mol. The van der Waals surface area contributed by atoms with Crippen LogP contribution in [0.15, 0.2) is 89.5 Å². The fourth-order valence-electron chi connectivity index (χ4n) is 4.76. The Labute approximate surface area is 172 Å². The maximum absolute atomic E-state index is 4.92. The van der Waals surface area contributed by atoms with Gasteiger partial charge in [0.1, 0.15) is 7.05 Å². The Morgan fingerprint density at radius 1 is 1.03 bits per heavy atom. The summed E-state index contributed by atoms with van der Waals surface area (Å²) in [6.07, 6.45) is 11.1. The van der Waals surface area contributed by atoms with E-state index in [1.165, 1.54) is 28.2 Å². The van der Waals surface area contributed by atoms with Gasteiger partial charge in [-0.1, -0.05) is 42.5 Å². The molecule has 144 valence electrons. The molecule has 0 aromatic heterocycles. The largest absolute Gasteiger partial charge is 0.361 e. The van der Waals surface area contributed by atoms with Crippen molar-refractivity contribution in [3.8, 4) is 0 Å². The van der Waals surface area contributed by atoms with E-state index >= 15 is 0 Å². The molecule has 0 saturated heterocycles. The minimum absolute atomic E-state index is 0.00909. The van der Waals surface area contributed by atoms with Crippen molar-refractivity contribution in [2.75, 3.05) is 19.0 Å². The van der Waals surface area contributed by atoms with Gasteiger partial charge < -0.3 is 4.90 Å². The van der Waals surface area contributed by atoms with E-state index in [1.54, 1.807) is 0 Å². The third-order valence-corrected chi connectivity index (χ3v) is 6.39. The molecule has 5 rings (SSSR count). The number of hydrogen-bond acceptors (Lipinski definition) is 2. The van der Waals surface area contributed by atoms with Gasteiger partial charge in [-0.3, -0.25) is 0 Å². The topological polar surface area (TPSA) is 18.6 Å². The normalized spacial score (nSPS) is 21.7. The highest BCUT2D eigenvalue weighted by atomic mass is 15.2. The molecule has 0 amide bonds. The highest BCUT2D eigenvalue weighted by Crippen LogP contribution is 2.39. The van der Waals surface area contributed by atoms with E-state index < -0.39 is 0 Å². The number of anilines is 1. The summed E-state index contributed by atoms with van der Waals surface area (Å²) in [6.45, 7) is 4.60. The summed E-state index contributed by atoms with van der Waals surface area (Å²) in [6, 6.07) is 17.2. The number of likely N-dealkylation sites (N-methyl/N-ethyl adjacent to an activating group) is 1. The molecule has 1 atom stereocenters. The van der Waals surface area contributed by atoms with Gasteiger partial charge in [0.05, 0.1) is 28.5 Å². The van der Waals surface area contributed by atoms with Crippen molar-refractivity contribution in [2.45, 2.75) is 25.3 Å². The number of benzene rings is 2. The number of nitrogens with zero attached hydrogens (tertiary/aromatic N) is 3. The van der Waals surface area contributed by atoms with E-state index in [0.717, 1.165) is 11.4 Å². The highest BCUT2D eigenvalue weighted by molar-refractivity contribution is 6.09. The molecule has 3 heteroatoms. The lowest BCUT2D eigenvalue weighted by atomic mass is 9.81. The van der Waals surface area contributed by atoms with Gasteiger partial charge in [0, 0.05) is 24.8 Å². The smallest absolute Gasteiger partial charge is 0.209 e. The van der Waals surface area contributed by atoms with Crippen molar-refractivity contribution in [1.29, 1.82) is 0 Å². The summed E-state index contributed by atoms with van der Waals surface area (Å²) < 4.78 is 2.31. The Morgan fingerprint density at radius 3 is 2.62 bits per heavy atom. The monoisotopic (exact) mass is 380 g/mol. The Hall–Kier alpha value is -3.20. The first-order valence-electron chi connectivity index (χ1n) is 10.2. The molecular weight excluding hydrogens is 354 g/mol. The fourth-order valence-corrected chi connectivity index (χ4v) is 4.76. The molecule has 0 spiro atoms. The predicted octanol–water partition coefficient (Wildman–Crippen LogP) is 5.34. The molecular formula is C26H26N3+. The standard InChI is InChI=1S/C26H26N3/c1-26(2)19-9-5-7-11-22(19)29(4)25(26)16-14-18-13-15-24-21(17-18)27-20-10-6-8-12-23(20)28(24)3/h5-17,24H,1-4H3/q+1. The molecule has 0 radical (unpaired) electrons. The predicted molar refractivity (Wildman–Crippen MR) is 122 cm³/mol. The SMILES string of the molecule is CN1c2ccccc2N=C2C=C(/C=C/C3=[N+](C)c4ccccc4C3(C)C)C=CC21. The van der Waals surface area contributed by atoms with E-state index in [1.807, 2.05) is 6.07 Å². The molecule has 2 aromatic rings.